The summed E-state index contributed by atoms with van der Waals surface area (Å²) in [5.74, 6) is 0.203. The topological polar surface area (TPSA) is 145 Å². The maximum Gasteiger partial charge on any atom is 0.262 e. The van der Waals surface area contributed by atoms with Crippen LogP contribution in [0.25, 0.3) is 21.8 Å². The Morgan fingerprint density at radius 1 is 0.632 bits per heavy atom. The summed E-state index contributed by atoms with van der Waals surface area (Å²) in [5.41, 5.74) is 4.41. The standard InChI is InChI=1S/C26H27ClFN3O3.C26H27F2N3O3/c2*1-15-2-3-20-21(30-15)12-17(27)13-23(20)33-11-8-18(16-6-9-29-10-7-16)19-4-5-22-26(25(19)28)31-24(32)14-34-22/h2*2-5,12-13,16,18,29H,6-11,14H2,1H3,(H,31,32). The van der Waals surface area contributed by atoms with Gasteiger partial charge in [0.25, 0.3) is 11.8 Å². The van der Waals surface area contributed by atoms with Gasteiger partial charge in [-0.15, -0.1) is 0 Å². The van der Waals surface area contributed by atoms with Crippen LogP contribution in [0, 0.1) is 43.1 Å². The number of anilines is 2. The fraction of sp³-hybridized carbons (Fsp3) is 0.385. The third-order valence-electron chi connectivity index (χ3n) is 13.3. The van der Waals surface area contributed by atoms with Crippen molar-refractivity contribution in [2.75, 3.05) is 63.2 Å². The second kappa shape index (κ2) is 21.0. The van der Waals surface area contributed by atoms with Crippen LogP contribution in [0.2, 0.25) is 5.02 Å². The van der Waals surface area contributed by atoms with E-state index in [1.165, 1.54) is 12.1 Å². The monoisotopic (exact) mass is 950 g/mol. The Hall–Kier alpha value is -6.16. The highest BCUT2D eigenvalue weighted by atomic mass is 35.5. The summed E-state index contributed by atoms with van der Waals surface area (Å²) in [7, 11) is 0. The summed E-state index contributed by atoms with van der Waals surface area (Å²) >= 11 is 6.31. The molecule has 4 aromatic carbocycles. The first-order valence-electron chi connectivity index (χ1n) is 23.3. The largest absolute Gasteiger partial charge is 0.493 e. The first-order chi connectivity index (χ1) is 33.0. The molecule has 0 saturated carbocycles. The van der Waals surface area contributed by atoms with Crippen molar-refractivity contribution in [1.29, 1.82) is 0 Å². The number of rotatable bonds is 12. The molecule has 356 valence electrons. The number of fused-ring (bicyclic) bond motifs is 4. The van der Waals surface area contributed by atoms with E-state index >= 15 is 8.78 Å². The Morgan fingerprint density at radius 3 is 1.57 bits per heavy atom. The van der Waals surface area contributed by atoms with Gasteiger partial charge in [0.05, 0.1) is 24.2 Å². The van der Waals surface area contributed by atoms with Crippen LogP contribution in [-0.4, -0.2) is 74.4 Å². The van der Waals surface area contributed by atoms with E-state index in [0.29, 0.717) is 76.6 Å². The van der Waals surface area contributed by atoms with Crippen LogP contribution < -0.4 is 40.2 Å². The molecule has 2 amide bonds. The Kier molecular flexibility index (Phi) is 14.5. The van der Waals surface area contributed by atoms with Crippen LogP contribution in [0.4, 0.5) is 24.5 Å². The average Bonchev–Trinajstić information content (AvgIpc) is 3.33. The minimum atomic E-state index is -0.454. The van der Waals surface area contributed by atoms with E-state index in [2.05, 4.69) is 31.2 Å². The maximum atomic E-state index is 15.6. The third kappa shape index (κ3) is 10.6. The van der Waals surface area contributed by atoms with Crippen molar-refractivity contribution in [2.24, 2.45) is 11.8 Å². The minimum absolute atomic E-state index is 0.0583. The number of amides is 2. The van der Waals surface area contributed by atoms with Gasteiger partial charge in [-0.05, 0) is 162 Å². The molecule has 2 aromatic heterocycles. The number of carbonyl (C=O) groups excluding carboxylic acids is 2. The number of ether oxygens (including phenoxy) is 4. The molecule has 2 fully saturated rings. The molecule has 12 nitrogen and oxygen atoms in total. The third-order valence-corrected chi connectivity index (χ3v) is 13.6. The number of nitrogens with one attached hydrogen (secondary N) is 4. The van der Waals surface area contributed by atoms with Crippen molar-refractivity contribution < 1.29 is 41.7 Å². The molecule has 0 radical (unpaired) electrons. The van der Waals surface area contributed by atoms with Gasteiger partial charge in [-0.2, -0.15) is 0 Å². The first-order valence-corrected chi connectivity index (χ1v) is 23.7. The lowest BCUT2D eigenvalue weighted by molar-refractivity contribution is -0.119. The molecule has 4 N–H and O–H groups in total. The van der Waals surface area contributed by atoms with Gasteiger partial charge < -0.3 is 40.2 Å². The second-order valence-electron chi connectivity index (χ2n) is 17.9. The predicted octanol–water partition coefficient (Wildman–Crippen LogP) is 9.92. The molecule has 16 heteroatoms. The lowest BCUT2D eigenvalue weighted by Crippen LogP contribution is -2.32. The van der Waals surface area contributed by atoms with Crippen LogP contribution in [-0.2, 0) is 9.59 Å². The molecule has 68 heavy (non-hydrogen) atoms. The van der Waals surface area contributed by atoms with Crippen LogP contribution in [0.1, 0.15) is 72.9 Å². The number of carbonyl (C=O) groups is 2. The van der Waals surface area contributed by atoms with Gasteiger partial charge in [0, 0.05) is 39.3 Å². The first kappa shape index (κ1) is 46.9. The molecule has 0 bridgehead atoms. The number of piperidine rings is 2. The van der Waals surface area contributed by atoms with Crippen molar-refractivity contribution in [3.8, 4) is 23.0 Å². The number of nitrogens with zero attached hydrogens (tertiary/aromatic N) is 2. The highest BCUT2D eigenvalue weighted by Crippen LogP contribution is 2.43. The Bertz CT molecular complexity index is 2640. The number of benzene rings is 4. The number of halogens is 4. The Balaban J connectivity index is 0.000000170. The summed E-state index contributed by atoms with van der Waals surface area (Å²) in [6.07, 6.45) is 4.90. The fourth-order valence-electron chi connectivity index (χ4n) is 9.99. The van der Waals surface area contributed by atoms with E-state index < -0.39 is 17.5 Å². The normalized spacial score (nSPS) is 17.1. The number of hydrogen-bond donors (Lipinski definition) is 4. The van der Waals surface area contributed by atoms with Gasteiger partial charge in [-0.3, -0.25) is 19.6 Å². The van der Waals surface area contributed by atoms with E-state index in [0.717, 1.165) is 79.5 Å². The summed E-state index contributed by atoms with van der Waals surface area (Å²) < 4.78 is 68.4. The Morgan fingerprint density at radius 2 is 1.09 bits per heavy atom. The predicted molar refractivity (Wildman–Crippen MR) is 256 cm³/mol. The number of pyridine rings is 2. The summed E-state index contributed by atoms with van der Waals surface area (Å²) in [6, 6.07) is 21.1. The lowest BCUT2D eigenvalue weighted by Gasteiger charge is -2.32. The van der Waals surface area contributed by atoms with Gasteiger partial charge in [-0.25, -0.2) is 13.2 Å². The molecule has 2 unspecified atom stereocenters. The molecular weight excluding hydrogens is 897 g/mol. The number of aromatic nitrogens is 2. The van der Waals surface area contributed by atoms with E-state index in [-0.39, 0.29) is 54.2 Å². The van der Waals surface area contributed by atoms with Crippen molar-refractivity contribution in [3.63, 3.8) is 0 Å². The molecule has 6 heterocycles. The van der Waals surface area contributed by atoms with Gasteiger partial charge >= 0.3 is 0 Å². The van der Waals surface area contributed by atoms with Crippen molar-refractivity contribution >= 4 is 56.6 Å². The van der Waals surface area contributed by atoms with E-state index in [1.54, 1.807) is 30.3 Å². The van der Waals surface area contributed by atoms with E-state index in [9.17, 15) is 14.0 Å². The molecule has 2 saturated heterocycles. The summed E-state index contributed by atoms with van der Waals surface area (Å²) in [5, 5.41) is 14.2. The molecule has 0 spiro atoms. The van der Waals surface area contributed by atoms with Crippen molar-refractivity contribution in [1.82, 2.24) is 20.6 Å². The van der Waals surface area contributed by atoms with Gasteiger partial charge in [0.2, 0.25) is 0 Å². The summed E-state index contributed by atoms with van der Waals surface area (Å²) in [6.45, 7) is 7.81. The van der Waals surface area contributed by atoms with Gasteiger partial charge in [0.15, 0.2) is 24.8 Å². The zero-order valence-corrected chi connectivity index (χ0v) is 38.7. The zero-order valence-electron chi connectivity index (χ0n) is 38.0. The zero-order chi connectivity index (χ0) is 47.3. The van der Waals surface area contributed by atoms with Gasteiger partial charge in [-0.1, -0.05) is 23.7 Å². The SMILES string of the molecule is Cc1ccc2c(OCCC(c3ccc4c(c3F)NC(=O)CO4)C3CCNCC3)cc(Cl)cc2n1.Cc1ccc2c(OCCC(c3ccc4c(c3F)NC(=O)CO4)C3CCNCC3)cc(F)cc2n1. The molecule has 6 aromatic rings. The Labute approximate surface area is 397 Å². The summed E-state index contributed by atoms with van der Waals surface area (Å²) in [4.78, 5) is 32.5. The number of hydrogen-bond acceptors (Lipinski definition) is 10. The molecule has 10 rings (SSSR count). The molecule has 4 aliphatic heterocycles. The van der Waals surface area contributed by atoms with Crippen LogP contribution in [0.15, 0.2) is 72.8 Å². The fourth-order valence-corrected chi connectivity index (χ4v) is 10.2. The van der Waals surface area contributed by atoms with E-state index in [4.69, 9.17) is 30.5 Å². The van der Waals surface area contributed by atoms with Crippen LogP contribution in [0.5, 0.6) is 23.0 Å². The molecule has 0 aliphatic carbocycles. The average molecular weight is 951 g/mol. The van der Waals surface area contributed by atoms with Crippen LogP contribution in [0.3, 0.4) is 0 Å². The highest BCUT2D eigenvalue weighted by Gasteiger charge is 2.33. The molecule has 4 aliphatic rings. The van der Waals surface area contributed by atoms with E-state index in [1.807, 2.05) is 44.2 Å². The maximum absolute atomic E-state index is 15.6. The lowest BCUT2D eigenvalue weighted by atomic mass is 9.78. The van der Waals surface area contributed by atoms with Crippen molar-refractivity contribution in [3.05, 3.63) is 118 Å². The smallest absolute Gasteiger partial charge is 0.262 e. The second-order valence-corrected chi connectivity index (χ2v) is 18.3. The number of aryl methyl sites for hydroxylation is 2. The van der Waals surface area contributed by atoms with Crippen molar-refractivity contribution in [2.45, 2.75) is 64.2 Å². The quantitative estimate of drug-likeness (QED) is 0.0936. The minimum Gasteiger partial charge on any atom is -0.493 e. The molecular formula is C52H54ClF3N6O6. The van der Waals surface area contributed by atoms with Crippen LogP contribution >= 0.6 is 11.6 Å². The molecule has 2 atom stereocenters. The van der Waals surface area contributed by atoms with Gasteiger partial charge in [0.1, 0.15) is 40.2 Å². The highest BCUT2D eigenvalue weighted by molar-refractivity contribution is 6.31.